The minimum Gasteiger partial charge on any atom is -0.496 e. The number of methoxy groups -OCH3 is 1. The number of hydrogen-bond acceptors (Lipinski definition) is 3. The Balaban J connectivity index is 1.87. The van der Waals surface area contributed by atoms with E-state index in [4.69, 9.17) is 9.47 Å². The summed E-state index contributed by atoms with van der Waals surface area (Å²) in [4.78, 5) is 4.34. The molecule has 0 saturated heterocycles. The van der Waals surface area contributed by atoms with Gasteiger partial charge in [-0.15, -0.1) is 0 Å². The Labute approximate surface area is 133 Å². The molecule has 0 atom stereocenters. The monoisotopic (exact) mass is 310 g/mol. The highest BCUT2D eigenvalue weighted by Gasteiger charge is 2.18. The van der Waals surface area contributed by atoms with Crippen molar-refractivity contribution in [3.63, 3.8) is 0 Å². The van der Waals surface area contributed by atoms with Gasteiger partial charge in [0.25, 0.3) is 0 Å². The number of aromatic nitrogens is 2. The van der Waals surface area contributed by atoms with Crippen molar-refractivity contribution in [1.82, 2.24) is 9.55 Å². The first-order chi connectivity index (χ1) is 11.3. The van der Waals surface area contributed by atoms with Crippen LogP contribution in [0.3, 0.4) is 0 Å². The lowest BCUT2D eigenvalue weighted by Gasteiger charge is -2.12. The number of imidazole rings is 1. The lowest BCUT2D eigenvalue weighted by Crippen LogP contribution is -2.01. The van der Waals surface area contributed by atoms with Crippen molar-refractivity contribution in [2.75, 3.05) is 7.11 Å². The second-order valence-electron chi connectivity index (χ2n) is 5.38. The summed E-state index contributed by atoms with van der Waals surface area (Å²) < 4.78 is 27.0. The number of ether oxygens (including phenoxy) is 2. The van der Waals surface area contributed by atoms with Crippen LogP contribution >= 0.6 is 0 Å². The van der Waals surface area contributed by atoms with Crippen LogP contribution in [0, 0.1) is 5.82 Å². The van der Waals surface area contributed by atoms with Crippen molar-refractivity contribution >= 4 is 0 Å². The van der Waals surface area contributed by atoms with E-state index in [1.807, 2.05) is 22.9 Å². The van der Waals surface area contributed by atoms with Gasteiger partial charge in [-0.1, -0.05) is 12.1 Å². The van der Waals surface area contributed by atoms with Crippen LogP contribution in [0.2, 0.25) is 0 Å². The third-order valence-corrected chi connectivity index (χ3v) is 4.04. The average molecular weight is 310 g/mol. The van der Waals surface area contributed by atoms with Crippen molar-refractivity contribution in [1.29, 1.82) is 0 Å². The van der Waals surface area contributed by atoms with E-state index in [-0.39, 0.29) is 5.82 Å². The average Bonchev–Trinajstić information content (AvgIpc) is 3.22. The summed E-state index contributed by atoms with van der Waals surface area (Å²) in [5.74, 6) is 0.613. The van der Waals surface area contributed by atoms with Gasteiger partial charge in [0.1, 0.15) is 11.6 Å². The van der Waals surface area contributed by atoms with Crippen molar-refractivity contribution in [2.24, 2.45) is 0 Å². The van der Waals surface area contributed by atoms with E-state index in [0.717, 1.165) is 11.3 Å². The Morgan fingerprint density at radius 2 is 2.04 bits per heavy atom. The summed E-state index contributed by atoms with van der Waals surface area (Å²) in [5, 5.41) is 0. The van der Waals surface area contributed by atoms with Gasteiger partial charge >= 0.3 is 0 Å². The van der Waals surface area contributed by atoms with Crippen LogP contribution in [0.25, 0.3) is 17.1 Å². The number of benzene rings is 2. The molecule has 1 aliphatic heterocycles. The summed E-state index contributed by atoms with van der Waals surface area (Å²) in [6.07, 6.45) is 3.48. The fourth-order valence-electron chi connectivity index (χ4n) is 2.90. The van der Waals surface area contributed by atoms with Crippen LogP contribution in [-0.2, 0) is 18.0 Å². The normalized spacial score (nSPS) is 13.1. The molecule has 2 heterocycles. The van der Waals surface area contributed by atoms with Gasteiger partial charge in [0.05, 0.1) is 25.9 Å². The van der Waals surface area contributed by atoms with Gasteiger partial charge in [0.2, 0.25) is 0 Å². The first-order valence-corrected chi connectivity index (χ1v) is 7.34. The molecule has 4 rings (SSSR count). The molecule has 0 N–H and O–H groups in total. The molecule has 116 valence electrons. The number of rotatable bonds is 3. The van der Waals surface area contributed by atoms with E-state index in [1.54, 1.807) is 18.3 Å². The molecule has 1 aliphatic rings. The second-order valence-corrected chi connectivity index (χ2v) is 5.38. The summed E-state index contributed by atoms with van der Waals surface area (Å²) in [6.45, 7) is 1.25. The van der Waals surface area contributed by atoms with Crippen LogP contribution < -0.4 is 4.74 Å². The first-order valence-electron chi connectivity index (χ1n) is 7.34. The number of fused-ring (bicyclic) bond motifs is 1. The zero-order chi connectivity index (χ0) is 15.8. The maximum Gasteiger partial charge on any atom is 0.151 e. The Morgan fingerprint density at radius 3 is 2.91 bits per heavy atom. The van der Waals surface area contributed by atoms with Crippen molar-refractivity contribution < 1.29 is 13.9 Å². The molecule has 3 aromatic rings. The van der Waals surface area contributed by atoms with Crippen LogP contribution in [0.5, 0.6) is 5.75 Å². The molecule has 2 aromatic carbocycles. The molecular formula is C18H15FN2O2. The molecule has 0 radical (unpaired) electrons. The van der Waals surface area contributed by atoms with Gasteiger partial charge in [-0.3, -0.25) is 4.57 Å². The maximum absolute atomic E-state index is 14.4. The van der Waals surface area contributed by atoms with E-state index in [0.29, 0.717) is 30.4 Å². The summed E-state index contributed by atoms with van der Waals surface area (Å²) in [5.41, 5.74) is 3.63. The molecule has 1 aromatic heterocycles. The standard InChI is InChI=1S/C18H15FN2O2/c1-22-16-4-2-3-15(19)17(16)18-20-7-8-21(18)14-6-5-12-10-23-11-13(12)9-14/h2-9H,10-11H2,1H3. The predicted octanol–water partition coefficient (Wildman–Crippen LogP) is 3.72. The van der Waals surface area contributed by atoms with Gasteiger partial charge in [0, 0.05) is 18.1 Å². The molecule has 0 unspecified atom stereocenters. The van der Waals surface area contributed by atoms with Crippen LogP contribution in [0.15, 0.2) is 48.8 Å². The Bertz CT molecular complexity index is 873. The van der Waals surface area contributed by atoms with Crippen LogP contribution in [0.1, 0.15) is 11.1 Å². The molecule has 0 amide bonds. The fraction of sp³-hybridized carbons (Fsp3) is 0.167. The van der Waals surface area contributed by atoms with E-state index in [1.165, 1.54) is 18.7 Å². The van der Waals surface area contributed by atoms with Gasteiger partial charge in [-0.2, -0.15) is 0 Å². The zero-order valence-corrected chi connectivity index (χ0v) is 12.6. The summed E-state index contributed by atoms with van der Waals surface area (Å²) in [7, 11) is 1.53. The minimum atomic E-state index is -0.360. The number of halogens is 1. The molecule has 4 nitrogen and oxygen atoms in total. The Hall–Kier alpha value is -2.66. The second kappa shape index (κ2) is 5.52. The third kappa shape index (κ3) is 2.29. The molecule has 23 heavy (non-hydrogen) atoms. The van der Waals surface area contributed by atoms with Crippen LogP contribution in [0.4, 0.5) is 4.39 Å². The number of hydrogen-bond donors (Lipinski definition) is 0. The smallest absolute Gasteiger partial charge is 0.151 e. The molecular weight excluding hydrogens is 295 g/mol. The van der Waals surface area contributed by atoms with Crippen molar-refractivity contribution in [3.05, 3.63) is 65.7 Å². The van der Waals surface area contributed by atoms with Gasteiger partial charge < -0.3 is 9.47 Å². The maximum atomic E-state index is 14.4. The van der Waals surface area contributed by atoms with E-state index >= 15 is 0 Å². The van der Waals surface area contributed by atoms with Gasteiger partial charge in [-0.25, -0.2) is 9.37 Å². The molecule has 5 heteroatoms. The van der Waals surface area contributed by atoms with Crippen molar-refractivity contribution in [2.45, 2.75) is 13.2 Å². The Morgan fingerprint density at radius 1 is 1.17 bits per heavy atom. The molecule has 0 spiro atoms. The molecule has 0 bridgehead atoms. The lowest BCUT2D eigenvalue weighted by atomic mass is 10.1. The number of nitrogens with zero attached hydrogens (tertiary/aromatic N) is 2. The molecule has 0 aliphatic carbocycles. The highest BCUT2D eigenvalue weighted by molar-refractivity contribution is 5.67. The van der Waals surface area contributed by atoms with Crippen LogP contribution in [-0.4, -0.2) is 16.7 Å². The highest BCUT2D eigenvalue weighted by Crippen LogP contribution is 2.33. The van der Waals surface area contributed by atoms with Crippen molar-refractivity contribution in [3.8, 4) is 22.8 Å². The highest BCUT2D eigenvalue weighted by atomic mass is 19.1. The fourth-order valence-corrected chi connectivity index (χ4v) is 2.90. The van der Waals surface area contributed by atoms with Gasteiger partial charge in [-0.05, 0) is 35.4 Å². The largest absolute Gasteiger partial charge is 0.496 e. The van der Waals surface area contributed by atoms with E-state index < -0.39 is 0 Å². The lowest BCUT2D eigenvalue weighted by molar-refractivity contribution is 0.134. The first kappa shape index (κ1) is 14.0. The van der Waals surface area contributed by atoms with Gasteiger partial charge in [0.15, 0.2) is 5.82 Å². The predicted molar refractivity (Wildman–Crippen MR) is 84.0 cm³/mol. The third-order valence-electron chi connectivity index (χ3n) is 4.04. The molecule has 0 fully saturated rings. The minimum absolute atomic E-state index is 0.358. The Kier molecular flexibility index (Phi) is 3.35. The van der Waals surface area contributed by atoms with E-state index in [9.17, 15) is 4.39 Å². The summed E-state index contributed by atoms with van der Waals surface area (Å²) >= 11 is 0. The summed E-state index contributed by atoms with van der Waals surface area (Å²) in [6, 6.07) is 10.9. The SMILES string of the molecule is COc1cccc(F)c1-c1nccn1-c1ccc2c(c1)COC2. The quantitative estimate of drug-likeness (QED) is 0.740. The zero-order valence-electron chi connectivity index (χ0n) is 12.6. The topological polar surface area (TPSA) is 36.3 Å². The molecule has 0 saturated carbocycles. The van der Waals surface area contributed by atoms with E-state index in [2.05, 4.69) is 11.1 Å².